The number of nitrogens with zero attached hydrogens (tertiary/aromatic N) is 1. The fourth-order valence-electron chi connectivity index (χ4n) is 3.39. The molecule has 0 amide bonds. The van der Waals surface area contributed by atoms with E-state index in [2.05, 4.69) is 18.4 Å². The van der Waals surface area contributed by atoms with Crippen LogP contribution in [-0.4, -0.2) is 24.0 Å². The van der Waals surface area contributed by atoms with Crippen molar-refractivity contribution in [3.63, 3.8) is 0 Å². The van der Waals surface area contributed by atoms with Crippen LogP contribution < -0.4 is 5.73 Å². The maximum Gasteiger partial charge on any atom is 0.128 e. The first kappa shape index (κ1) is 16.2. The van der Waals surface area contributed by atoms with Crippen molar-refractivity contribution in [3.05, 3.63) is 48.3 Å². The summed E-state index contributed by atoms with van der Waals surface area (Å²) in [5.74, 6) is -0.219. The Morgan fingerprint density at radius 2 is 1.90 bits per heavy atom. The molecule has 1 saturated heterocycles. The van der Waals surface area contributed by atoms with Crippen LogP contribution in [0.3, 0.4) is 0 Å². The van der Waals surface area contributed by atoms with Gasteiger partial charge in [0.1, 0.15) is 5.82 Å². The van der Waals surface area contributed by atoms with E-state index in [1.165, 1.54) is 31.7 Å². The van der Waals surface area contributed by atoms with Crippen molar-refractivity contribution in [2.24, 2.45) is 5.73 Å². The molecule has 2 nitrogen and oxygen atoms in total. The highest BCUT2D eigenvalue weighted by Crippen LogP contribution is 2.32. The first-order chi connectivity index (χ1) is 10.1. The summed E-state index contributed by atoms with van der Waals surface area (Å²) < 4.78 is 14.3. The van der Waals surface area contributed by atoms with Crippen LogP contribution in [0.1, 0.15) is 44.6 Å². The van der Waals surface area contributed by atoms with Gasteiger partial charge in [-0.15, -0.1) is 6.58 Å². The van der Waals surface area contributed by atoms with Gasteiger partial charge in [-0.2, -0.15) is 0 Å². The molecule has 2 rings (SSSR count). The first-order valence-corrected chi connectivity index (χ1v) is 7.98. The van der Waals surface area contributed by atoms with Crippen molar-refractivity contribution in [1.82, 2.24) is 4.90 Å². The third-order valence-electron chi connectivity index (χ3n) is 4.79. The van der Waals surface area contributed by atoms with Gasteiger partial charge >= 0.3 is 0 Å². The molecule has 2 N–H and O–H groups in total. The third kappa shape index (κ3) is 3.53. The quantitative estimate of drug-likeness (QED) is 0.835. The number of hydrogen-bond acceptors (Lipinski definition) is 2. The molecule has 0 bridgehead atoms. The molecule has 3 heteroatoms. The Hall–Kier alpha value is -1.19. The van der Waals surface area contributed by atoms with E-state index in [9.17, 15) is 4.39 Å². The SMILES string of the molecule is C=CCC(N)(c1ccccc1F)C(C)N1CCCCCC1. The number of nitrogens with two attached hydrogens (primary N) is 1. The maximum absolute atomic E-state index is 14.3. The van der Waals surface area contributed by atoms with Crippen molar-refractivity contribution >= 4 is 0 Å². The normalized spacial score (nSPS) is 21.3. The molecule has 1 aliphatic heterocycles. The molecule has 1 heterocycles. The minimum atomic E-state index is -0.725. The van der Waals surface area contributed by atoms with E-state index in [0.29, 0.717) is 12.0 Å². The molecule has 0 saturated carbocycles. The summed E-state index contributed by atoms with van der Waals surface area (Å²) in [7, 11) is 0. The number of hydrogen-bond donors (Lipinski definition) is 1. The zero-order valence-electron chi connectivity index (χ0n) is 13.0. The summed E-state index contributed by atoms with van der Waals surface area (Å²) in [6, 6.07) is 6.97. The van der Waals surface area contributed by atoms with E-state index in [1.54, 1.807) is 12.1 Å². The first-order valence-electron chi connectivity index (χ1n) is 7.98. The monoisotopic (exact) mass is 290 g/mol. The highest BCUT2D eigenvalue weighted by molar-refractivity contribution is 5.29. The molecule has 0 spiro atoms. The molecule has 1 fully saturated rings. The van der Waals surface area contributed by atoms with Crippen molar-refractivity contribution < 1.29 is 4.39 Å². The standard InChI is InChI=1S/C18H27FN2/c1-3-12-18(20,16-10-6-7-11-17(16)19)15(2)21-13-8-4-5-9-14-21/h3,6-7,10-11,15H,1,4-5,8-9,12-14,20H2,2H3. The second-order valence-electron chi connectivity index (χ2n) is 6.14. The molecule has 1 aliphatic rings. The lowest BCUT2D eigenvalue weighted by Crippen LogP contribution is -2.55. The fourth-order valence-corrected chi connectivity index (χ4v) is 3.39. The van der Waals surface area contributed by atoms with Gasteiger partial charge in [0.15, 0.2) is 0 Å². The van der Waals surface area contributed by atoms with Gasteiger partial charge in [-0.05, 0) is 45.3 Å². The van der Waals surface area contributed by atoms with E-state index in [0.717, 1.165) is 13.1 Å². The summed E-state index contributed by atoms with van der Waals surface area (Å²) in [5.41, 5.74) is 6.58. The topological polar surface area (TPSA) is 29.3 Å². The van der Waals surface area contributed by atoms with E-state index in [4.69, 9.17) is 5.73 Å². The Morgan fingerprint density at radius 3 is 2.48 bits per heavy atom. The Balaban J connectivity index is 2.31. The molecule has 2 atom stereocenters. The van der Waals surface area contributed by atoms with Crippen LogP contribution in [0.4, 0.5) is 4.39 Å². The van der Waals surface area contributed by atoms with Crippen LogP contribution in [0.5, 0.6) is 0 Å². The predicted octanol–water partition coefficient (Wildman–Crippen LogP) is 3.82. The summed E-state index contributed by atoms with van der Waals surface area (Å²) in [6.07, 6.45) is 7.34. The van der Waals surface area contributed by atoms with Gasteiger partial charge in [-0.1, -0.05) is 37.1 Å². The summed E-state index contributed by atoms with van der Waals surface area (Å²) in [4.78, 5) is 2.42. The molecule has 2 unspecified atom stereocenters. The highest BCUT2D eigenvalue weighted by Gasteiger charge is 2.38. The summed E-state index contributed by atoms with van der Waals surface area (Å²) in [5, 5.41) is 0. The number of benzene rings is 1. The number of rotatable bonds is 5. The van der Waals surface area contributed by atoms with Crippen molar-refractivity contribution in [3.8, 4) is 0 Å². The van der Waals surface area contributed by atoms with Crippen LogP contribution >= 0.6 is 0 Å². The van der Waals surface area contributed by atoms with Crippen LogP contribution in [-0.2, 0) is 5.54 Å². The average Bonchev–Trinajstić information content (AvgIpc) is 2.76. The van der Waals surface area contributed by atoms with Crippen LogP contribution in [0.2, 0.25) is 0 Å². The van der Waals surface area contributed by atoms with Crippen LogP contribution in [0.15, 0.2) is 36.9 Å². The molecule has 116 valence electrons. The highest BCUT2D eigenvalue weighted by atomic mass is 19.1. The van der Waals surface area contributed by atoms with E-state index in [1.807, 2.05) is 12.1 Å². The molecule has 1 aromatic rings. The van der Waals surface area contributed by atoms with Gasteiger partial charge in [0.2, 0.25) is 0 Å². The van der Waals surface area contributed by atoms with Gasteiger partial charge in [-0.3, -0.25) is 4.90 Å². The van der Waals surface area contributed by atoms with Gasteiger partial charge < -0.3 is 5.73 Å². The largest absolute Gasteiger partial charge is 0.320 e. The lowest BCUT2D eigenvalue weighted by atomic mass is 9.80. The third-order valence-corrected chi connectivity index (χ3v) is 4.79. The van der Waals surface area contributed by atoms with Gasteiger partial charge in [-0.25, -0.2) is 4.39 Å². The number of halogens is 1. The Bertz CT molecular complexity index is 466. The second kappa shape index (κ2) is 7.19. The lowest BCUT2D eigenvalue weighted by Gasteiger charge is -2.42. The maximum atomic E-state index is 14.3. The lowest BCUT2D eigenvalue weighted by molar-refractivity contribution is 0.133. The molecule has 0 radical (unpaired) electrons. The average molecular weight is 290 g/mol. The van der Waals surface area contributed by atoms with E-state index in [-0.39, 0.29) is 11.9 Å². The minimum Gasteiger partial charge on any atom is -0.320 e. The summed E-state index contributed by atoms with van der Waals surface area (Å²) >= 11 is 0. The molecule has 1 aromatic carbocycles. The van der Waals surface area contributed by atoms with Crippen LogP contribution in [0.25, 0.3) is 0 Å². The molecule has 0 aromatic heterocycles. The number of likely N-dealkylation sites (tertiary alicyclic amines) is 1. The van der Waals surface area contributed by atoms with E-state index >= 15 is 0 Å². The van der Waals surface area contributed by atoms with Gasteiger partial charge in [0.25, 0.3) is 0 Å². The zero-order chi connectivity index (χ0) is 15.3. The molecule has 21 heavy (non-hydrogen) atoms. The minimum absolute atomic E-state index is 0.0884. The van der Waals surface area contributed by atoms with Gasteiger partial charge in [0, 0.05) is 11.6 Å². The Morgan fingerprint density at radius 1 is 1.29 bits per heavy atom. The van der Waals surface area contributed by atoms with Crippen molar-refractivity contribution in [1.29, 1.82) is 0 Å². The van der Waals surface area contributed by atoms with E-state index < -0.39 is 5.54 Å². The fraction of sp³-hybridized carbons (Fsp3) is 0.556. The van der Waals surface area contributed by atoms with Crippen LogP contribution in [0, 0.1) is 5.82 Å². The smallest absolute Gasteiger partial charge is 0.128 e. The molecular weight excluding hydrogens is 263 g/mol. The Labute approximate surface area is 127 Å². The second-order valence-corrected chi connectivity index (χ2v) is 6.14. The predicted molar refractivity (Wildman–Crippen MR) is 86.6 cm³/mol. The van der Waals surface area contributed by atoms with Crippen molar-refractivity contribution in [2.45, 2.75) is 50.6 Å². The zero-order valence-corrected chi connectivity index (χ0v) is 13.0. The van der Waals surface area contributed by atoms with Crippen molar-refractivity contribution in [2.75, 3.05) is 13.1 Å². The molecular formula is C18H27FN2. The Kier molecular flexibility index (Phi) is 5.54. The summed E-state index contributed by atoms with van der Waals surface area (Å²) in [6.45, 7) is 8.05. The molecule has 0 aliphatic carbocycles. The van der Waals surface area contributed by atoms with Gasteiger partial charge in [0.05, 0.1) is 5.54 Å².